The molecule has 1 fully saturated rings. The molecule has 38 heavy (non-hydrogen) atoms. The van der Waals surface area contributed by atoms with Gasteiger partial charge in [0.15, 0.2) is 0 Å². The van der Waals surface area contributed by atoms with Crippen molar-refractivity contribution in [2.24, 2.45) is 0 Å². The quantitative estimate of drug-likeness (QED) is 0.254. The van der Waals surface area contributed by atoms with Crippen molar-refractivity contribution < 1.29 is 23.6 Å². The second-order valence-corrected chi connectivity index (χ2v) is 9.65. The third-order valence-electron chi connectivity index (χ3n) is 6.27. The summed E-state index contributed by atoms with van der Waals surface area (Å²) >= 11 is 12.3. The fraction of sp³-hybridized carbons (Fsp3) is 0.440. The van der Waals surface area contributed by atoms with E-state index in [1.807, 2.05) is 6.07 Å². The van der Waals surface area contributed by atoms with Crippen molar-refractivity contribution >= 4 is 46.7 Å². The van der Waals surface area contributed by atoms with Crippen LogP contribution in [0.15, 0.2) is 36.4 Å². The lowest BCUT2D eigenvalue weighted by molar-refractivity contribution is -0.387. The number of nitrogens with one attached hydrogen (secondary N) is 3. The number of hydrogen-bond donors (Lipinski definition) is 3. The predicted molar refractivity (Wildman–Crippen MR) is 144 cm³/mol. The Bertz CT molecular complexity index is 1150. The van der Waals surface area contributed by atoms with Gasteiger partial charge in [0.1, 0.15) is 0 Å². The second kappa shape index (κ2) is 14.1. The zero-order chi connectivity index (χ0) is 27.7. The van der Waals surface area contributed by atoms with Crippen LogP contribution in [0.1, 0.15) is 37.7 Å². The topological polar surface area (TPSA) is 126 Å². The highest BCUT2D eigenvalue weighted by molar-refractivity contribution is 6.42. The molecule has 0 aromatic heterocycles. The van der Waals surface area contributed by atoms with Crippen molar-refractivity contribution in [1.82, 2.24) is 15.5 Å². The molecule has 0 aliphatic carbocycles. The molecule has 3 amide bonds. The van der Waals surface area contributed by atoms with E-state index in [1.165, 1.54) is 6.07 Å². The van der Waals surface area contributed by atoms with E-state index in [0.717, 1.165) is 30.5 Å². The number of nitrogens with zero attached hydrogens (tertiary/aromatic N) is 2. The zero-order valence-electron chi connectivity index (χ0n) is 20.8. The molecular weight excluding hydrogens is 540 g/mol. The van der Waals surface area contributed by atoms with E-state index in [9.17, 15) is 24.1 Å². The number of hydrogen-bond acceptors (Lipinski definition) is 6. The number of anilines is 1. The van der Waals surface area contributed by atoms with Crippen molar-refractivity contribution in [3.63, 3.8) is 0 Å². The number of likely N-dealkylation sites (tertiary alicyclic amines) is 1. The Labute approximate surface area is 229 Å². The Kier molecular flexibility index (Phi) is 10.9. The molecule has 10 nitrogen and oxygen atoms in total. The Morgan fingerprint density at radius 1 is 1.18 bits per heavy atom. The van der Waals surface area contributed by atoms with Crippen molar-refractivity contribution in [3.8, 4) is 0 Å². The Morgan fingerprint density at radius 2 is 1.92 bits per heavy atom. The molecule has 2 aromatic carbocycles. The van der Waals surface area contributed by atoms with Gasteiger partial charge in [-0.3, -0.25) is 10.1 Å². The highest BCUT2D eigenvalue weighted by Gasteiger charge is 2.24. The minimum absolute atomic E-state index is 0.0949. The number of urea groups is 1. The van der Waals surface area contributed by atoms with Gasteiger partial charge in [0.25, 0.3) is 0 Å². The average Bonchev–Trinajstić information content (AvgIpc) is 2.89. The number of rotatable bonds is 10. The Morgan fingerprint density at radius 3 is 2.58 bits per heavy atom. The lowest BCUT2D eigenvalue weighted by Gasteiger charge is -2.32. The van der Waals surface area contributed by atoms with Gasteiger partial charge < -0.3 is 25.6 Å². The first-order valence-corrected chi connectivity index (χ1v) is 13.0. The van der Waals surface area contributed by atoms with Crippen LogP contribution in [0.3, 0.4) is 0 Å². The molecular formula is C25H30Cl2FN5O5. The maximum Gasteiger partial charge on any atom is 0.409 e. The van der Waals surface area contributed by atoms with Crippen molar-refractivity contribution in [1.29, 1.82) is 0 Å². The van der Waals surface area contributed by atoms with Gasteiger partial charge in [-0.15, -0.1) is 0 Å². The first-order valence-electron chi connectivity index (χ1n) is 12.3. The van der Waals surface area contributed by atoms with Crippen molar-refractivity contribution in [2.75, 3.05) is 38.1 Å². The summed E-state index contributed by atoms with van der Waals surface area (Å²) in [6.45, 7) is 4.28. The van der Waals surface area contributed by atoms with E-state index in [2.05, 4.69) is 16.0 Å². The number of benzene rings is 2. The SMILES string of the molecule is CCOC(=O)N1CCC(NCCC(CNC(=O)Nc2ccc(F)c([N+](=O)[O-])c2)c2ccc(Cl)c(Cl)c2)CC1. The van der Waals surface area contributed by atoms with Crippen LogP contribution in [0.4, 0.5) is 25.4 Å². The van der Waals surface area contributed by atoms with Crippen molar-refractivity contribution in [3.05, 3.63) is 67.9 Å². The number of nitro groups is 1. The van der Waals surface area contributed by atoms with E-state index in [-0.39, 0.29) is 30.3 Å². The van der Waals surface area contributed by atoms with Crippen LogP contribution < -0.4 is 16.0 Å². The Balaban J connectivity index is 1.56. The Hall–Kier alpha value is -3.15. The van der Waals surface area contributed by atoms with Crippen LogP contribution >= 0.6 is 23.2 Å². The van der Waals surface area contributed by atoms with Crippen LogP contribution in [-0.4, -0.2) is 60.8 Å². The van der Waals surface area contributed by atoms with E-state index < -0.39 is 22.5 Å². The molecule has 206 valence electrons. The summed E-state index contributed by atoms with van der Waals surface area (Å²) in [5.41, 5.74) is 0.254. The van der Waals surface area contributed by atoms with Crippen LogP contribution in [0, 0.1) is 15.9 Å². The lowest BCUT2D eigenvalue weighted by Crippen LogP contribution is -2.45. The molecule has 1 unspecified atom stereocenters. The van der Waals surface area contributed by atoms with Crippen molar-refractivity contribution in [2.45, 2.75) is 38.1 Å². The van der Waals surface area contributed by atoms with Crippen LogP contribution in [0.25, 0.3) is 0 Å². The normalized spacial score (nSPS) is 14.6. The minimum atomic E-state index is -0.986. The summed E-state index contributed by atoms with van der Waals surface area (Å²) in [6, 6.07) is 8.10. The zero-order valence-corrected chi connectivity index (χ0v) is 22.4. The fourth-order valence-corrected chi connectivity index (χ4v) is 4.52. The van der Waals surface area contributed by atoms with Gasteiger partial charge in [-0.2, -0.15) is 4.39 Å². The van der Waals surface area contributed by atoms with Gasteiger partial charge in [0.05, 0.1) is 21.6 Å². The monoisotopic (exact) mass is 569 g/mol. The average molecular weight is 570 g/mol. The van der Waals surface area contributed by atoms with Crippen LogP contribution in [-0.2, 0) is 4.74 Å². The van der Waals surface area contributed by atoms with E-state index in [4.69, 9.17) is 27.9 Å². The largest absolute Gasteiger partial charge is 0.450 e. The molecule has 1 heterocycles. The van der Waals surface area contributed by atoms with E-state index in [0.29, 0.717) is 42.7 Å². The minimum Gasteiger partial charge on any atom is -0.450 e. The standard InChI is InChI=1S/C25H30Cl2FN5O5/c1-2-38-25(35)32-11-8-18(9-12-32)29-10-7-17(16-3-5-20(26)21(27)13-16)15-30-24(34)31-19-4-6-22(28)23(14-19)33(36)37/h3-6,13-14,17-18,29H,2,7-12,15H2,1H3,(H2,30,31,34). The van der Waals surface area contributed by atoms with Crippen LogP contribution in [0.5, 0.6) is 0 Å². The highest BCUT2D eigenvalue weighted by Crippen LogP contribution is 2.28. The third kappa shape index (κ3) is 8.44. The number of carbonyl (C=O) groups is 2. The van der Waals surface area contributed by atoms with Gasteiger partial charge in [-0.05, 0) is 62.6 Å². The number of amides is 3. The molecule has 0 radical (unpaired) electrons. The van der Waals surface area contributed by atoms with Gasteiger partial charge in [-0.25, -0.2) is 9.59 Å². The van der Waals surface area contributed by atoms with Gasteiger partial charge >= 0.3 is 17.8 Å². The summed E-state index contributed by atoms with van der Waals surface area (Å²) in [5.74, 6) is -1.11. The molecule has 1 aliphatic rings. The molecule has 3 N–H and O–H groups in total. The summed E-state index contributed by atoms with van der Waals surface area (Å²) < 4.78 is 18.6. The number of halogens is 3. The number of ether oxygens (including phenoxy) is 1. The first kappa shape index (κ1) is 29.4. The molecule has 13 heteroatoms. The maximum absolute atomic E-state index is 13.6. The van der Waals surface area contributed by atoms with Gasteiger partial charge in [-0.1, -0.05) is 29.3 Å². The molecule has 0 bridgehead atoms. The smallest absolute Gasteiger partial charge is 0.409 e. The second-order valence-electron chi connectivity index (χ2n) is 8.83. The lowest BCUT2D eigenvalue weighted by atomic mass is 9.95. The maximum atomic E-state index is 13.6. The molecule has 2 aromatic rings. The summed E-state index contributed by atoms with van der Waals surface area (Å²) in [4.78, 5) is 36.2. The van der Waals surface area contributed by atoms with E-state index >= 15 is 0 Å². The van der Waals surface area contributed by atoms with Crippen LogP contribution in [0.2, 0.25) is 10.0 Å². The highest BCUT2D eigenvalue weighted by atomic mass is 35.5. The molecule has 1 aliphatic heterocycles. The van der Waals surface area contributed by atoms with Gasteiger partial charge in [0.2, 0.25) is 5.82 Å². The molecule has 1 saturated heterocycles. The predicted octanol–water partition coefficient (Wildman–Crippen LogP) is 5.55. The number of piperidine rings is 1. The molecule has 3 rings (SSSR count). The van der Waals surface area contributed by atoms with E-state index in [1.54, 1.807) is 24.0 Å². The molecule has 0 spiro atoms. The third-order valence-corrected chi connectivity index (χ3v) is 7.01. The molecule has 1 atom stereocenters. The first-order chi connectivity index (χ1) is 18.2. The molecule has 0 saturated carbocycles. The number of carbonyl (C=O) groups excluding carboxylic acids is 2. The summed E-state index contributed by atoms with van der Waals surface area (Å²) in [7, 11) is 0. The summed E-state index contributed by atoms with van der Waals surface area (Å²) in [6.07, 6.45) is 1.99. The number of nitro benzene ring substituents is 1. The fourth-order valence-electron chi connectivity index (χ4n) is 4.22. The summed E-state index contributed by atoms with van der Waals surface area (Å²) in [5, 5.41) is 20.6. The van der Waals surface area contributed by atoms with Gasteiger partial charge in [0, 0.05) is 43.3 Å².